The van der Waals surface area contributed by atoms with Gasteiger partial charge in [0, 0.05) is 24.7 Å². The van der Waals surface area contributed by atoms with Crippen molar-refractivity contribution in [1.82, 2.24) is 10.3 Å². The van der Waals surface area contributed by atoms with Crippen LogP contribution in [0.25, 0.3) is 0 Å². The fourth-order valence-corrected chi connectivity index (χ4v) is 3.98. The minimum Gasteiger partial charge on any atom is -0.379 e. The molecule has 1 atom stereocenters. The van der Waals surface area contributed by atoms with Crippen molar-refractivity contribution in [3.8, 4) is 0 Å². The summed E-state index contributed by atoms with van der Waals surface area (Å²) in [6.45, 7) is 3.96. The lowest BCUT2D eigenvalue weighted by molar-refractivity contribution is -0.0390. The molecule has 0 radical (unpaired) electrons. The van der Waals surface area contributed by atoms with Gasteiger partial charge in [0.05, 0.1) is 13.2 Å². The second-order valence-corrected chi connectivity index (χ2v) is 5.89. The lowest BCUT2D eigenvalue weighted by Crippen LogP contribution is -2.64. The van der Waals surface area contributed by atoms with Crippen molar-refractivity contribution in [2.45, 2.75) is 50.1 Å². The molecule has 2 saturated carbocycles. The molecule has 0 aromatic rings. The fourth-order valence-electron chi connectivity index (χ4n) is 3.98. The third-order valence-electron chi connectivity index (χ3n) is 4.96. The quantitative estimate of drug-likeness (QED) is 0.565. The zero-order valence-corrected chi connectivity index (χ0v) is 10.7. The van der Waals surface area contributed by atoms with Crippen LogP contribution in [-0.2, 0) is 4.74 Å². The van der Waals surface area contributed by atoms with E-state index in [1.54, 1.807) is 0 Å². The molecule has 1 saturated heterocycles. The Labute approximate surface area is 104 Å². The highest BCUT2D eigenvalue weighted by atomic mass is 16.5. The van der Waals surface area contributed by atoms with E-state index < -0.39 is 0 Å². The van der Waals surface area contributed by atoms with Crippen LogP contribution in [0.3, 0.4) is 0 Å². The van der Waals surface area contributed by atoms with Gasteiger partial charge in [-0.3, -0.25) is 16.2 Å². The van der Waals surface area contributed by atoms with Gasteiger partial charge < -0.3 is 4.74 Å². The predicted molar refractivity (Wildman–Crippen MR) is 67.4 cm³/mol. The standard InChI is InChI=1S/C13H25N3O/c14-15-12(11-3-4-11)13(5-1-2-6-13)16-7-9-17-10-8-16/h11-12,15H,1-10,14H2. The van der Waals surface area contributed by atoms with E-state index in [4.69, 9.17) is 10.6 Å². The van der Waals surface area contributed by atoms with Crippen LogP contribution in [0.2, 0.25) is 0 Å². The van der Waals surface area contributed by atoms with Gasteiger partial charge in [-0.05, 0) is 31.6 Å². The molecule has 3 fully saturated rings. The Hall–Kier alpha value is -0.160. The smallest absolute Gasteiger partial charge is 0.0594 e. The van der Waals surface area contributed by atoms with Crippen LogP contribution in [0.15, 0.2) is 0 Å². The lowest BCUT2D eigenvalue weighted by atomic mass is 9.83. The number of nitrogens with two attached hydrogens (primary N) is 1. The first-order valence-corrected chi connectivity index (χ1v) is 7.16. The van der Waals surface area contributed by atoms with E-state index in [-0.39, 0.29) is 0 Å². The van der Waals surface area contributed by atoms with Gasteiger partial charge in [-0.1, -0.05) is 12.8 Å². The number of hydrogen-bond donors (Lipinski definition) is 2. The average molecular weight is 239 g/mol. The highest BCUT2D eigenvalue weighted by Crippen LogP contribution is 2.46. The Morgan fingerprint density at radius 3 is 2.35 bits per heavy atom. The molecule has 0 amide bonds. The number of hydrazine groups is 1. The maximum absolute atomic E-state index is 5.88. The molecule has 4 nitrogen and oxygen atoms in total. The topological polar surface area (TPSA) is 50.5 Å². The minimum absolute atomic E-state index is 0.333. The molecule has 1 unspecified atom stereocenters. The van der Waals surface area contributed by atoms with Crippen LogP contribution < -0.4 is 11.3 Å². The van der Waals surface area contributed by atoms with Crippen molar-refractivity contribution >= 4 is 0 Å². The molecule has 98 valence electrons. The zero-order chi connectivity index (χ0) is 11.7. The van der Waals surface area contributed by atoms with Gasteiger partial charge in [0.25, 0.3) is 0 Å². The van der Waals surface area contributed by atoms with Crippen molar-refractivity contribution < 1.29 is 4.74 Å². The minimum atomic E-state index is 0.333. The molecule has 4 heteroatoms. The van der Waals surface area contributed by atoms with E-state index in [1.165, 1.54) is 38.5 Å². The summed E-state index contributed by atoms with van der Waals surface area (Å²) in [6.07, 6.45) is 8.09. The number of morpholine rings is 1. The summed E-state index contributed by atoms with van der Waals surface area (Å²) in [5, 5.41) is 0. The summed E-state index contributed by atoms with van der Waals surface area (Å²) in [6, 6.07) is 0.503. The normalized spacial score (nSPS) is 31.6. The maximum atomic E-state index is 5.88. The number of hydrogen-bond acceptors (Lipinski definition) is 4. The SMILES string of the molecule is NNC(C1CC1)C1(N2CCOCC2)CCCC1. The van der Waals surface area contributed by atoms with Crippen LogP contribution in [0.1, 0.15) is 38.5 Å². The Balaban J connectivity index is 1.80. The number of nitrogens with zero attached hydrogens (tertiary/aromatic N) is 1. The first kappa shape index (κ1) is 11.9. The second-order valence-electron chi connectivity index (χ2n) is 5.89. The molecule has 3 N–H and O–H groups in total. The van der Waals surface area contributed by atoms with Crippen molar-refractivity contribution in [2.24, 2.45) is 11.8 Å². The summed E-state index contributed by atoms with van der Waals surface area (Å²) < 4.78 is 5.50. The molecule has 17 heavy (non-hydrogen) atoms. The predicted octanol–water partition coefficient (Wildman–Crippen LogP) is 0.873. The van der Waals surface area contributed by atoms with E-state index in [9.17, 15) is 0 Å². The Morgan fingerprint density at radius 2 is 1.82 bits per heavy atom. The summed E-state index contributed by atoms with van der Waals surface area (Å²) in [5.74, 6) is 6.70. The second kappa shape index (κ2) is 4.84. The summed E-state index contributed by atoms with van der Waals surface area (Å²) in [5.41, 5.74) is 3.49. The summed E-state index contributed by atoms with van der Waals surface area (Å²) >= 11 is 0. The molecule has 3 aliphatic rings. The highest BCUT2D eigenvalue weighted by Gasteiger charge is 2.51. The van der Waals surface area contributed by atoms with Gasteiger partial charge in [-0.15, -0.1) is 0 Å². The van der Waals surface area contributed by atoms with Gasteiger partial charge >= 0.3 is 0 Å². The van der Waals surface area contributed by atoms with Crippen molar-refractivity contribution in [2.75, 3.05) is 26.3 Å². The van der Waals surface area contributed by atoms with Crippen LogP contribution in [0.4, 0.5) is 0 Å². The largest absolute Gasteiger partial charge is 0.379 e. The van der Waals surface area contributed by atoms with Crippen LogP contribution in [-0.4, -0.2) is 42.8 Å². The number of rotatable bonds is 4. The first-order valence-electron chi connectivity index (χ1n) is 7.16. The molecule has 1 aliphatic heterocycles. The molecule has 3 rings (SSSR count). The van der Waals surface area contributed by atoms with Crippen LogP contribution in [0, 0.1) is 5.92 Å². The molecule has 0 spiro atoms. The van der Waals surface area contributed by atoms with E-state index in [0.29, 0.717) is 11.6 Å². The Kier molecular flexibility index (Phi) is 3.39. The van der Waals surface area contributed by atoms with Gasteiger partial charge in [-0.2, -0.15) is 0 Å². The van der Waals surface area contributed by atoms with Gasteiger partial charge in [0.2, 0.25) is 0 Å². The van der Waals surface area contributed by atoms with Gasteiger partial charge in [0.15, 0.2) is 0 Å². The lowest BCUT2D eigenvalue weighted by Gasteiger charge is -2.48. The van der Waals surface area contributed by atoms with Gasteiger partial charge in [0.1, 0.15) is 0 Å². The van der Waals surface area contributed by atoms with Crippen LogP contribution >= 0.6 is 0 Å². The molecule has 0 aromatic heterocycles. The highest BCUT2D eigenvalue weighted by molar-refractivity contribution is 5.08. The van der Waals surface area contributed by atoms with Crippen molar-refractivity contribution in [1.29, 1.82) is 0 Å². The Bertz CT molecular complexity index is 255. The molecule has 2 aliphatic carbocycles. The zero-order valence-electron chi connectivity index (χ0n) is 10.7. The van der Waals surface area contributed by atoms with Gasteiger partial charge in [-0.25, -0.2) is 0 Å². The summed E-state index contributed by atoms with van der Waals surface area (Å²) in [4.78, 5) is 2.67. The third kappa shape index (κ3) is 2.12. The first-order chi connectivity index (χ1) is 8.37. The monoisotopic (exact) mass is 239 g/mol. The Morgan fingerprint density at radius 1 is 1.18 bits per heavy atom. The molecular weight excluding hydrogens is 214 g/mol. The van der Waals surface area contributed by atoms with Crippen molar-refractivity contribution in [3.05, 3.63) is 0 Å². The molecule has 0 aromatic carbocycles. The maximum Gasteiger partial charge on any atom is 0.0594 e. The van der Waals surface area contributed by atoms with E-state index in [0.717, 1.165) is 32.2 Å². The number of ether oxygens (including phenoxy) is 1. The molecule has 0 bridgehead atoms. The van der Waals surface area contributed by atoms with Crippen LogP contribution in [0.5, 0.6) is 0 Å². The van der Waals surface area contributed by atoms with E-state index >= 15 is 0 Å². The number of nitrogens with one attached hydrogen (secondary N) is 1. The fraction of sp³-hybridized carbons (Fsp3) is 1.00. The van der Waals surface area contributed by atoms with Crippen molar-refractivity contribution in [3.63, 3.8) is 0 Å². The average Bonchev–Trinajstić information content (AvgIpc) is 3.08. The van der Waals surface area contributed by atoms with E-state index in [2.05, 4.69) is 10.3 Å². The molecule has 1 heterocycles. The molecular formula is C13H25N3O. The van der Waals surface area contributed by atoms with E-state index in [1.807, 2.05) is 0 Å². The third-order valence-corrected chi connectivity index (χ3v) is 4.96. The summed E-state index contributed by atoms with van der Waals surface area (Å²) in [7, 11) is 0.